The van der Waals surface area contributed by atoms with Gasteiger partial charge in [-0.1, -0.05) is 5.16 Å². The van der Waals surface area contributed by atoms with Crippen molar-refractivity contribution in [3.8, 4) is 22.8 Å². The molecular weight excluding hydrogens is 335 g/mol. The zero-order valence-corrected chi connectivity index (χ0v) is 13.5. The highest BCUT2D eigenvalue weighted by Gasteiger charge is 2.13. The van der Waals surface area contributed by atoms with E-state index < -0.39 is 0 Å². The van der Waals surface area contributed by atoms with E-state index in [9.17, 15) is 9.18 Å². The van der Waals surface area contributed by atoms with Gasteiger partial charge >= 0.3 is 0 Å². The number of carbonyl (C=O) groups is 1. The van der Waals surface area contributed by atoms with Crippen LogP contribution in [0, 0.1) is 5.82 Å². The first kappa shape index (κ1) is 15.9. The number of halogens is 1. The van der Waals surface area contributed by atoms with Crippen molar-refractivity contribution < 1.29 is 13.7 Å². The first-order chi connectivity index (χ1) is 12.7. The van der Waals surface area contributed by atoms with Gasteiger partial charge in [0.1, 0.15) is 5.82 Å². The van der Waals surface area contributed by atoms with Gasteiger partial charge in [-0.15, -0.1) is 0 Å². The van der Waals surface area contributed by atoms with E-state index in [1.54, 1.807) is 48.7 Å². The molecule has 2 heterocycles. The van der Waals surface area contributed by atoms with E-state index >= 15 is 0 Å². The molecule has 0 bridgehead atoms. The predicted molar refractivity (Wildman–Crippen MR) is 95.2 cm³/mol. The van der Waals surface area contributed by atoms with Gasteiger partial charge in [0.05, 0.1) is 6.54 Å². The molecule has 0 aliphatic carbocycles. The fourth-order valence-electron chi connectivity index (χ4n) is 2.46. The fourth-order valence-corrected chi connectivity index (χ4v) is 2.46. The molecule has 26 heavy (non-hydrogen) atoms. The van der Waals surface area contributed by atoms with Gasteiger partial charge in [0.15, 0.2) is 0 Å². The molecule has 0 saturated heterocycles. The Morgan fingerprint density at radius 2 is 1.77 bits per heavy atom. The Morgan fingerprint density at radius 1 is 1.04 bits per heavy atom. The van der Waals surface area contributed by atoms with E-state index in [2.05, 4.69) is 20.4 Å². The van der Waals surface area contributed by atoms with E-state index in [1.807, 2.05) is 0 Å². The van der Waals surface area contributed by atoms with Crippen molar-refractivity contribution >= 4 is 17.8 Å². The van der Waals surface area contributed by atoms with Gasteiger partial charge in [-0.3, -0.25) is 9.79 Å². The lowest BCUT2D eigenvalue weighted by Crippen LogP contribution is -2.14. The summed E-state index contributed by atoms with van der Waals surface area (Å²) in [6.07, 6.45) is 3.31. The minimum Gasteiger partial charge on any atom is -0.334 e. The molecule has 1 amide bonds. The standard InChI is InChI=1S/C19H13FN4O2/c20-15-5-1-13(2-6-15)19-23-17(24-26-19)12-3-7-16(8-4-12)22-18(25)14-9-10-21-11-14/h1-10H,11H2,(H,22,25). The molecule has 0 radical (unpaired) electrons. The lowest BCUT2D eigenvalue weighted by Gasteiger charge is -2.05. The number of carbonyl (C=O) groups excluding carboxylic acids is 1. The highest BCUT2D eigenvalue weighted by atomic mass is 19.1. The molecule has 0 unspecified atom stereocenters. The second-order valence-corrected chi connectivity index (χ2v) is 5.64. The summed E-state index contributed by atoms with van der Waals surface area (Å²) in [5.74, 6) is 0.221. The monoisotopic (exact) mass is 348 g/mol. The number of hydrogen-bond acceptors (Lipinski definition) is 5. The van der Waals surface area contributed by atoms with Crippen molar-refractivity contribution in [1.29, 1.82) is 0 Å². The third kappa shape index (κ3) is 3.27. The van der Waals surface area contributed by atoms with Crippen LogP contribution in [0.3, 0.4) is 0 Å². The molecule has 1 N–H and O–H groups in total. The molecular formula is C19H13FN4O2. The molecule has 2 aromatic carbocycles. The van der Waals surface area contributed by atoms with E-state index in [0.29, 0.717) is 35.1 Å². The molecule has 6 nitrogen and oxygen atoms in total. The van der Waals surface area contributed by atoms with E-state index in [0.717, 1.165) is 5.56 Å². The number of nitrogens with zero attached hydrogens (tertiary/aromatic N) is 3. The summed E-state index contributed by atoms with van der Waals surface area (Å²) in [7, 11) is 0. The molecule has 0 saturated carbocycles. The third-order valence-electron chi connectivity index (χ3n) is 3.85. The molecule has 0 fully saturated rings. The van der Waals surface area contributed by atoms with Crippen molar-refractivity contribution in [2.45, 2.75) is 0 Å². The first-order valence-electron chi connectivity index (χ1n) is 7.89. The molecule has 7 heteroatoms. The van der Waals surface area contributed by atoms with Crippen LogP contribution in [0.4, 0.5) is 10.1 Å². The summed E-state index contributed by atoms with van der Waals surface area (Å²) >= 11 is 0. The van der Waals surface area contributed by atoms with Crippen LogP contribution in [0.5, 0.6) is 0 Å². The zero-order valence-electron chi connectivity index (χ0n) is 13.5. The van der Waals surface area contributed by atoms with Crippen LogP contribution in [0.15, 0.2) is 69.7 Å². The van der Waals surface area contributed by atoms with Gasteiger partial charge in [0.2, 0.25) is 5.82 Å². The van der Waals surface area contributed by atoms with Gasteiger partial charge < -0.3 is 9.84 Å². The Morgan fingerprint density at radius 3 is 2.46 bits per heavy atom. The van der Waals surface area contributed by atoms with Gasteiger partial charge in [0.25, 0.3) is 11.8 Å². The SMILES string of the molecule is O=C(Nc1ccc(-c2noc(-c3ccc(F)cc3)n2)cc1)C1=CC=NC1. The van der Waals surface area contributed by atoms with Crippen LogP contribution in [0.1, 0.15) is 0 Å². The summed E-state index contributed by atoms with van der Waals surface area (Å²) in [5, 5.41) is 6.76. The average molecular weight is 348 g/mol. The van der Waals surface area contributed by atoms with Gasteiger partial charge in [-0.05, 0) is 54.6 Å². The van der Waals surface area contributed by atoms with Crippen molar-refractivity contribution in [2.75, 3.05) is 11.9 Å². The summed E-state index contributed by atoms with van der Waals surface area (Å²) in [6.45, 7) is 0.402. The van der Waals surface area contributed by atoms with Gasteiger partial charge in [-0.25, -0.2) is 4.39 Å². The number of hydrogen-bond donors (Lipinski definition) is 1. The first-order valence-corrected chi connectivity index (χ1v) is 7.89. The number of nitrogens with one attached hydrogen (secondary N) is 1. The van der Waals surface area contributed by atoms with Gasteiger partial charge in [0, 0.05) is 28.6 Å². The number of aromatic nitrogens is 2. The van der Waals surface area contributed by atoms with Crippen LogP contribution in [0.2, 0.25) is 0 Å². The van der Waals surface area contributed by atoms with E-state index in [1.165, 1.54) is 12.1 Å². The molecule has 0 spiro atoms. The van der Waals surface area contributed by atoms with Crippen LogP contribution in [0.25, 0.3) is 22.8 Å². The summed E-state index contributed by atoms with van der Waals surface area (Å²) < 4.78 is 18.2. The van der Waals surface area contributed by atoms with Crippen LogP contribution >= 0.6 is 0 Å². The highest BCUT2D eigenvalue weighted by Crippen LogP contribution is 2.23. The molecule has 1 aliphatic heterocycles. The molecule has 1 aromatic heterocycles. The van der Waals surface area contributed by atoms with Crippen molar-refractivity contribution in [1.82, 2.24) is 10.1 Å². The van der Waals surface area contributed by atoms with Crippen molar-refractivity contribution in [2.24, 2.45) is 4.99 Å². The Bertz CT molecular complexity index is 1000. The van der Waals surface area contributed by atoms with Crippen LogP contribution in [-0.4, -0.2) is 28.8 Å². The summed E-state index contributed by atoms with van der Waals surface area (Å²) in [5.41, 5.74) is 2.66. The quantitative estimate of drug-likeness (QED) is 0.783. The fraction of sp³-hybridized carbons (Fsp3) is 0.0526. The number of rotatable bonds is 4. The minimum atomic E-state index is -0.328. The Hall–Kier alpha value is -3.61. The average Bonchev–Trinajstić information content (AvgIpc) is 3.35. The van der Waals surface area contributed by atoms with E-state index in [-0.39, 0.29) is 11.7 Å². The minimum absolute atomic E-state index is 0.173. The molecule has 1 aliphatic rings. The maximum Gasteiger partial charge on any atom is 0.258 e. The largest absolute Gasteiger partial charge is 0.334 e. The van der Waals surface area contributed by atoms with Crippen LogP contribution < -0.4 is 5.32 Å². The number of amides is 1. The maximum absolute atomic E-state index is 13.0. The predicted octanol–water partition coefficient (Wildman–Crippen LogP) is 3.49. The molecule has 3 aromatic rings. The number of aliphatic imine (C=N–C) groups is 1. The Kier molecular flexibility index (Phi) is 4.10. The lowest BCUT2D eigenvalue weighted by atomic mass is 10.2. The molecule has 4 rings (SSSR count). The number of benzene rings is 2. The van der Waals surface area contributed by atoms with E-state index in [4.69, 9.17) is 4.52 Å². The highest BCUT2D eigenvalue weighted by molar-refractivity contribution is 6.07. The second kappa shape index (κ2) is 6.72. The number of anilines is 1. The lowest BCUT2D eigenvalue weighted by molar-refractivity contribution is -0.112. The van der Waals surface area contributed by atoms with Gasteiger partial charge in [-0.2, -0.15) is 4.98 Å². The normalized spacial score (nSPS) is 12.9. The maximum atomic E-state index is 13.0. The van der Waals surface area contributed by atoms with Crippen molar-refractivity contribution in [3.63, 3.8) is 0 Å². The third-order valence-corrected chi connectivity index (χ3v) is 3.85. The smallest absolute Gasteiger partial charge is 0.258 e. The zero-order chi connectivity index (χ0) is 17.9. The number of allylic oxidation sites excluding steroid dienone is 1. The topological polar surface area (TPSA) is 80.4 Å². The van der Waals surface area contributed by atoms with Crippen molar-refractivity contribution in [3.05, 3.63) is 66.0 Å². The second-order valence-electron chi connectivity index (χ2n) is 5.64. The Balaban J connectivity index is 1.48. The van der Waals surface area contributed by atoms with Crippen LogP contribution in [-0.2, 0) is 4.79 Å². The molecule has 128 valence electrons. The summed E-state index contributed by atoms with van der Waals surface area (Å²) in [4.78, 5) is 20.3. The Labute approximate surface area is 148 Å². The summed E-state index contributed by atoms with van der Waals surface area (Å²) in [6, 6.07) is 12.9. The molecule has 0 atom stereocenters.